The predicted octanol–water partition coefficient (Wildman–Crippen LogP) is 4.52. The van der Waals surface area contributed by atoms with Gasteiger partial charge in [0.15, 0.2) is 11.6 Å². The van der Waals surface area contributed by atoms with E-state index in [-0.39, 0.29) is 55.7 Å². The molecule has 0 bridgehead atoms. The Morgan fingerprint density at radius 1 is 0.789 bits per heavy atom. The minimum Gasteiger partial charge on any atom is -0.460 e. The van der Waals surface area contributed by atoms with Crippen molar-refractivity contribution in [2.24, 2.45) is 5.73 Å². The zero-order valence-electron chi connectivity index (χ0n) is 25.0. The third-order valence-electron chi connectivity index (χ3n) is 5.27. The number of rotatable bonds is 7. The fraction of sp³-hybridized carbons (Fsp3) is 0.893. The molecule has 2 aliphatic rings. The van der Waals surface area contributed by atoms with E-state index in [4.69, 9.17) is 40.7 Å². The van der Waals surface area contributed by atoms with Gasteiger partial charge in [0.1, 0.15) is 17.3 Å². The highest BCUT2D eigenvalue weighted by Crippen LogP contribution is 2.31. The summed E-state index contributed by atoms with van der Waals surface area (Å²) >= 11 is 0. The maximum atomic E-state index is 11.8. The topological polar surface area (TPSA) is 120 Å². The van der Waals surface area contributed by atoms with Gasteiger partial charge in [0.2, 0.25) is 6.54 Å². The van der Waals surface area contributed by atoms with Crippen LogP contribution in [0.25, 0.3) is 4.85 Å². The molecule has 0 unspecified atom stereocenters. The molecular formula is C28H50N2O8. The largest absolute Gasteiger partial charge is 0.460 e. The molecule has 2 fully saturated rings. The number of ether oxygens (including phenoxy) is 6. The minimum atomic E-state index is -0.764. The highest BCUT2D eigenvalue weighted by Gasteiger charge is 2.39. The predicted molar refractivity (Wildman–Crippen MR) is 143 cm³/mol. The molecular weight excluding hydrogens is 492 g/mol. The summed E-state index contributed by atoms with van der Waals surface area (Å²) in [6.45, 7) is 26.2. The number of nitrogens with zero attached hydrogens (tertiary/aromatic N) is 1. The Morgan fingerprint density at radius 2 is 1.16 bits per heavy atom. The first-order valence-electron chi connectivity index (χ1n) is 13.4. The molecule has 220 valence electrons. The first-order chi connectivity index (χ1) is 17.2. The van der Waals surface area contributed by atoms with Crippen molar-refractivity contribution in [1.82, 2.24) is 0 Å². The summed E-state index contributed by atoms with van der Waals surface area (Å²) in [6, 6.07) is 0. The summed E-state index contributed by atoms with van der Waals surface area (Å²) in [5, 5.41) is 0. The van der Waals surface area contributed by atoms with Crippen LogP contribution in [0.1, 0.15) is 101 Å². The van der Waals surface area contributed by atoms with E-state index in [0.717, 1.165) is 6.42 Å². The number of hydrogen-bond donors (Lipinski definition) is 1. The standard InChI is InChI=1S/C14H23NO4.C14H27NO4/c1-13(2,3)19-12(16)8-10-7-11(9-15-6)18-14(4,5)17-10;1-13(2,3)19-12(16)9-11-8-10(6-7-15)17-14(4,5)18-11/h10-11H,7-9H2,1-5H3;10-11H,6-9,15H2,1-5H3/t10-,11+;10-,11-/m11/s1. The van der Waals surface area contributed by atoms with Gasteiger partial charge in [-0.15, -0.1) is 0 Å². The number of esters is 2. The molecule has 0 aromatic carbocycles. The van der Waals surface area contributed by atoms with E-state index in [1.807, 2.05) is 55.4 Å². The second-order valence-corrected chi connectivity index (χ2v) is 12.7. The van der Waals surface area contributed by atoms with Gasteiger partial charge in [-0.25, -0.2) is 6.57 Å². The van der Waals surface area contributed by atoms with Crippen LogP contribution < -0.4 is 5.73 Å². The highest BCUT2D eigenvalue weighted by molar-refractivity contribution is 5.70. The molecule has 0 saturated carbocycles. The molecule has 10 nitrogen and oxygen atoms in total. The maximum absolute atomic E-state index is 11.8. The van der Waals surface area contributed by atoms with Crippen molar-refractivity contribution in [2.75, 3.05) is 13.1 Å². The molecule has 0 aromatic rings. The average molecular weight is 543 g/mol. The summed E-state index contributed by atoms with van der Waals surface area (Å²) in [5.74, 6) is -1.95. The van der Waals surface area contributed by atoms with Crippen molar-refractivity contribution >= 4 is 11.9 Å². The smallest absolute Gasteiger partial charge is 0.308 e. The van der Waals surface area contributed by atoms with E-state index < -0.39 is 22.8 Å². The summed E-state index contributed by atoms with van der Waals surface area (Å²) < 4.78 is 33.5. The van der Waals surface area contributed by atoms with E-state index in [2.05, 4.69) is 4.85 Å². The van der Waals surface area contributed by atoms with Crippen LogP contribution in [0.3, 0.4) is 0 Å². The van der Waals surface area contributed by atoms with E-state index in [1.54, 1.807) is 13.8 Å². The van der Waals surface area contributed by atoms with Crippen LogP contribution in [0.15, 0.2) is 0 Å². The SMILES string of the molecule is CC(C)(C)OC(=O)C[C@H]1C[C@@H](CCN)OC(C)(C)O1.[C-]#[N+]C[C@@H]1C[C@H](CC(=O)OC(C)(C)C)OC(C)(C)O1. The van der Waals surface area contributed by atoms with Gasteiger partial charge in [-0.05, 0) is 82.2 Å². The highest BCUT2D eigenvalue weighted by atomic mass is 16.7. The van der Waals surface area contributed by atoms with Crippen LogP contribution >= 0.6 is 0 Å². The molecule has 0 spiro atoms. The second-order valence-electron chi connectivity index (χ2n) is 12.7. The van der Waals surface area contributed by atoms with Crippen LogP contribution in [-0.4, -0.2) is 72.2 Å². The Morgan fingerprint density at radius 3 is 1.53 bits per heavy atom. The van der Waals surface area contributed by atoms with Crippen molar-refractivity contribution in [3.63, 3.8) is 0 Å². The van der Waals surface area contributed by atoms with Crippen molar-refractivity contribution in [3.05, 3.63) is 11.4 Å². The Hall–Kier alpha value is -1.77. The third kappa shape index (κ3) is 15.0. The van der Waals surface area contributed by atoms with Crippen LogP contribution in [0.2, 0.25) is 0 Å². The first-order valence-corrected chi connectivity index (χ1v) is 13.4. The molecule has 2 heterocycles. The monoisotopic (exact) mass is 542 g/mol. The van der Waals surface area contributed by atoms with E-state index in [1.165, 1.54) is 0 Å². The fourth-order valence-corrected chi connectivity index (χ4v) is 4.40. The quantitative estimate of drug-likeness (QED) is 0.365. The lowest BCUT2D eigenvalue weighted by Gasteiger charge is -2.40. The number of carbonyl (C=O) groups excluding carboxylic acids is 2. The minimum absolute atomic E-state index is 0.0428. The molecule has 0 radical (unpaired) electrons. The third-order valence-corrected chi connectivity index (χ3v) is 5.27. The van der Waals surface area contributed by atoms with Crippen molar-refractivity contribution in [3.8, 4) is 0 Å². The number of hydrogen-bond acceptors (Lipinski definition) is 9. The van der Waals surface area contributed by atoms with Gasteiger partial charge in [-0.3, -0.25) is 9.59 Å². The normalized spacial score (nSPS) is 26.8. The summed E-state index contributed by atoms with van der Waals surface area (Å²) in [7, 11) is 0. The molecule has 2 aliphatic heterocycles. The van der Waals surface area contributed by atoms with Crippen LogP contribution in [-0.2, 0) is 38.0 Å². The summed E-state index contributed by atoms with van der Waals surface area (Å²) in [5.41, 5.74) is 4.61. The van der Waals surface area contributed by atoms with Gasteiger partial charge in [-0.1, -0.05) is 0 Å². The zero-order chi connectivity index (χ0) is 29.4. The van der Waals surface area contributed by atoms with Gasteiger partial charge in [0, 0.05) is 12.8 Å². The number of nitrogens with two attached hydrogens (primary N) is 1. The Bertz CT molecular complexity index is 807. The zero-order valence-corrected chi connectivity index (χ0v) is 25.0. The van der Waals surface area contributed by atoms with E-state index >= 15 is 0 Å². The molecule has 10 heteroatoms. The van der Waals surface area contributed by atoms with Crippen molar-refractivity contribution in [1.29, 1.82) is 0 Å². The van der Waals surface area contributed by atoms with Gasteiger partial charge in [0.25, 0.3) is 0 Å². The lowest BCUT2D eigenvalue weighted by Crippen LogP contribution is -2.46. The molecule has 4 atom stereocenters. The van der Waals surface area contributed by atoms with Gasteiger partial charge in [-0.2, -0.15) is 0 Å². The average Bonchev–Trinajstić information content (AvgIpc) is 2.63. The Balaban J connectivity index is 0.000000380. The van der Waals surface area contributed by atoms with Gasteiger partial charge >= 0.3 is 11.9 Å². The molecule has 0 amide bonds. The summed E-state index contributed by atoms with van der Waals surface area (Å²) in [6.07, 6.45) is 1.88. The Kier molecular flexibility index (Phi) is 12.7. The molecule has 2 N–H and O–H groups in total. The molecule has 38 heavy (non-hydrogen) atoms. The molecule has 0 aromatic heterocycles. The van der Waals surface area contributed by atoms with E-state index in [0.29, 0.717) is 19.4 Å². The maximum Gasteiger partial charge on any atom is 0.308 e. The second kappa shape index (κ2) is 14.0. The van der Waals surface area contributed by atoms with Crippen LogP contribution in [0.5, 0.6) is 0 Å². The van der Waals surface area contributed by atoms with E-state index in [9.17, 15) is 9.59 Å². The molecule has 0 aliphatic carbocycles. The van der Waals surface area contributed by atoms with Crippen molar-refractivity contribution in [2.45, 2.75) is 149 Å². The lowest BCUT2D eigenvalue weighted by atomic mass is 10.0. The van der Waals surface area contributed by atoms with Crippen LogP contribution in [0, 0.1) is 6.57 Å². The number of carbonyl (C=O) groups is 2. The first kappa shape index (κ1) is 34.3. The van der Waals surface area contributed by atoms with Gasteiger partial charge < -0.3 is 39.0 Å². The summed E-state index contributed by atoms with van der Waals surface area (Å²) in [4.78, 5) is 27.0. The Labute approximate surface area is 229 Å². The lowest BCUT2D eigenvalue weighted by molar-refractivity contribution is -0.300. The van der Waals surface area contributed by atoms with Crippen molar-refractivity contribution < 1.29 is 38.0 Å². The van der Waals surface area contributed by atoms with Crippen LogP contribution in [0.4, 0.5) is 0 Å². The molecule has 2 saturated heterocycles. The molecule has 2 rings (SSSR count). The van der Waals surface area contributed by atoms with Gasteiger partial charge in [0.05, 0.1) is 31.2 Å². The fourth-order valence-electron chi connectivity index (χ4n) is 4.40.